The molecule has 2 aromatic carbocycles. The largest absolute Gasteiger partial charge is 0.497 e. The highest BCUT2D eigenvalue weighted by Gasteiger charge is 2.30. The fourth-order valence-electron chi connectivity index (χ4n) is 5.07. The molecule has 1 heterocycles. The Bertz CT molecular complexity index is 861. The number of nitrogens with zero attached hydrogens (tertiary/aromatic N) is 2. The predicted octanol–water partition coefficient (Wildman–Crippen LogP) is 5.83. The number of carbonyl (C=O) groups excluding carboxylic acids is 1. The Kier molecular flexibility index (Phi) is 7.13. The number of carbonyl (C=O) groups is 1. The Morgan fingerprint density at radius 1 is 1.03 bits per heavy atom. The minimum absolute atomic E-state index is 0.00825. The van der Waals surface area contributed by atoms with Gasteiger partial charge in [0.05, 0.1) is 13.2 Å². The number of hydrogen-bond donors (Lipinski definition) is 1. The molecule has 0 unspecified atom stereocenters. The van der Waals surface area contributed by atoms with Crippen molar-refractivity contribution < 1.29 is 9.53 Å². The number of hydrogen-bond acceptors (Lipinski definition) is 3. The molecule has 0 spiro atoms. The maximum Gasteiger partial charge on any atom is 0.322 e. The van der Waals surface area contributed by atoms with Crippen LogP contribution in [0, 0.1) is 0 Å². The average Bonchev–Trinajstić information content (AvgIpc) is 3.31. The van der Waals surface area contributed by atoms with Crippen molar-refractivity contribution in [2.45, 2.75) is 63.6 Å². The number of methoxy groups -OCH3 is 1. The summed E-state index contributed by atoms with van der Waals surface area (Å²) in [6.45, 7) is 1.65. The fraction of sp³-hybridized carbons (Fsp3) is 0.500. The quantitative estimate of drug-likeness (QED) is 0.638. The van der Waals surface area contributed by atoms with Crippen molar-refractivity contribution >= 4 is 11.7 Å². The Morgan fingerprint density at radius 3 is 2.52 bits per heavy atom. The molecule has 0 radical (unpaired) electrons. The number of benzene rings is 2. The lowest BCUT2D eigenvalue weighted by atomic mass is 9.94. The highest BCUT2D eigenvalue weighted by Crippen LogP contribution is 2.33. The number of anilines is 1. The Morgan fingerprint density at radius 2 is 1.77 bits per heavy atom. The summed E-state index contributed by atoms with van der Waals surface area (Å²) in [7, 11) is 3.89. The summed E-state index contributed by atoms with van der Waals surface area (Å²) in [6, 6.07) is 17.1. The molecule has 5 nitrogen and oxygen atoms in total. The molecular weight excluding hydrogens is 386 g/mol. The molecule has 1 saturated heterocycles. The minimum atomic E-state index is -0.00825. The van der Waals surface area contributed by atoms with Gasteiger partial charge in [0.25, 0.3) is 0 Å². The van der Waals surface area contributed by atoms with Crippen LogP contribution >= 0.6 is 0 Å². The molecule has 2 aliphatic rings. The van der Waals surface area contributed by atoms with Gasteiger partial charge in [0.15, 0.2) is 0 Å². The van der Waals surface area contributed by atoms with E-state index in [9.17, 15) is 4.79 Å². The van der Waals surface area contributed by atoms with E-state index in [4.69, 9.17) is 4.74 Å². The van der Waals surface area contributed by atoms with Crippen LogP contribution in [-0.2, 0) is 6.54 Å². The van der Waals surface area contributed by atoms with Gasteiger partial charge in [0.1, 0.15) is 5.75 Å². The lowest BCUT2D eigenvalue weighted by molar-refractivity contribution is 0.184. The van der Waals surface area contributed by atoms with Crippen molar-refractivity contribution in [1.82, 2.24) is 9.80 Å². The van der Waals surface area contributed by atoms with Crippen molar-refractivity contribution in [2.24, 2.45) is 0 Å². The van der Waals surface area contributed by atoms with E-state index in [1.807, 2.05) is 29.2 Å². The van der Waals surface area contributed by atoms with E-state index in [1.54, 1.807) is 7.11 Å². The number of nitrogens with one attached hydrogen (secondary N) is 1. The highest BCUT2D eigenvalue weighted by atomic mass is 16.5. The van der Waals surface area contributed by atoms with Crippen LogP contribution in [0.4, 0.5) is 10.5 Å². The third kappa shape index (κ3) is 5.21. The van der Waals surface area contributed by atoms with Gasteiger partial charge in [-0.3, -0.25) is 4.90 Å². The van der Waals surface area contributed by atoms with Crippen LogP contribution in [0.2, 0.25) is 0 Å². The van der Waals surface area contributed by atoms with E-state index < -0.39 is 0 Å². The Balaban J connectivity index is 1.44. The molecule has 1 N–H and O–H groups in total. The van der Waals surface area contributed by atoms with Crippen LogP contribution in [-0.4, -0.2) is 42.6 Å². The van der Waals surface area contributed by atoms with Crippen molar-refractivity contribution in [3.05, 3.63) is 59.7 Å². The van der Waals surface area contributed by atoms with Crippen LogP contribution in [0.25, 0.3) is 0 Å². The molecule has 31 heavy (non-hydrogen) atoms. The summed E-state index contributed by atoms with van der Waals surface area (Å²) in [4.78, 5) is 17.7. The zero-order valence-corrected chi connectivity index (χ0v) is 18.8. The Labute approximate surface area is 186 Å². The van der Waals surface area contributed by atoms with E-state index >= 15 is 0 Å². The van der Waals surface area contributed by atoms with Gasteiger partial charge in [-0.2, -0.15) is 0 Å². The van der Waals surface area contributed by atoms with E-state index in [-0.39, 0.29) is 12.1 Å². The molecule has 1 atom stereocenters. The second-order valence-corrected chi connectivity index (χ2v) is 8.92. The van der Waals surface area contributed by atoms with Gasteiger partial charge in [-0.15, -0.1) is 0 Å². The van der Waals surface area contributed by atoms with Crippen molar-refractivity contribution in [3.8, 4) is 5.75 Å². The molecule has 1 saturated carbocycles. The molecular formula is C26H35N3O2. The second kappa shape index (κ2) is 10.2. The lowest BCUT2D eigenvalue weighted by Crippen LogP contribution is -2.35. The number of urea groups is 1. The van der Waals surface area contributed by atoms with Gasteiger partial charge in [-0.05, 0) is 62.1 Å². The highest BCUT2D eigenvalue weighted by molar-refractivity contribution is 5.90. The SMILES string of the molecule is COc1ccc([C@H]2CCCN2C(=O)Nc2ccccc2CN(C)C2CCCCC2)cc1. The number of ether oxygens (including phenoxy) is 1. The molecule has 0 bridgehead atoms. The summed E-state index contributed by atoms with van der Waals surface area (Å²) >= 11 is 0. The molecule has 2 fully saturated rings. The van der Waals surface area contributed by atoms with Crippen molar-refractivity contribution in [2.75, 3.05) is 26.0 Å². The zero-order chi connectivity index (χ0) is 21.6. The van der Waals surface area contributed by atoms with Crippen LogP contribution in [0.5, 0.6) is 5.75 Å². The summed E-state index contributed by atoms with van der Waals surface area (Å²) in [5.41, 5.74) is 3.28. The first-order valence-corrected chi connectivity index (χ1v) is 11.7. The summed E-state index contributed by atoms with van der Waals surface area (Å²) in [5, 5.41) is 3.22. The normalized spacial score (nSPS) is 19.6. The summed E-state index contributed by atoms with van der Waals surface area (Å²) in [5.74, 6) is 0.841. The van der Waals surface area contributed by atoms with Gasteiger partial charge >= 0.3 is 6.03 Å². The van der Waals surface area contributed by atoms with Gasteiger partial charge in [-0.1, -0.05) is 49.6 Å². The molecule has 1 aliphatic carbocycles. The van der Waals surface area contributed by atoms with Crippen LogP contribution < -0.4 is 10.1 Å². The number of rotatable bonds is 6. The van der Waals surface area contributed by atoms with Gasteiger partial charge in [0, 0.05) is 24.8 Å². The maximum absolute atomic E-state index is 13.2. The standard InChI is InChI=1S/C26H35N3O2/c1-28(22-10-4-3-5-11-22)19-21-9-6-7-12-24(21)27-26(30)29-18-8-13-25(29)20-14-16-23(31-2)17-15-20/h6-7,9,12,14-17,22,25H,3-5,8,10-11,13,18-19H2,1-2H3,(H,27,30)/t25-/m1/s1. The van der Waals surface area contributed by atoms with E-state index in [1.165, 1.54) is 43.2 Å². The third-order valence-electron chi connectivity index (χ3n) is 6.89. The minimum Gasteiger partial charge on any atom is -0.497 e. The number of amides is 2. The molecule has 0 aromatic heterocycles. The van der Waals surface area contributed by atoms with E-state index in [0.717, 1.165) is 37.4 Å². The predicted molar refractivity (Wildman–Crippen MR) is 125 cm³/mol. The molecule has 5 heteroatoms. The molecule has 2 aromatic rings. The number of para-hydroxylation sites is 1. The molecule has 1 aliphatic heterocycles. The average molecular weight is 422 g/mol. The molecule has 4 rings (SSSR count). The summed E-state index contributed by atoms with van der Waals surface area (Å²) in [6.07, 6.45) is 8.60. The maximum atomic E-state index is 13.2. The van der Waals surface area contributed by atoms with Gasteiger partial charge in [0.2, 0.25) is 0 Å². The number of likely N-dealkylation sites (tertiary alicyclic amines) is 1. The van der Waals surface area contributed by atoms with Gasteiger partial charge < -0.3 is 15.0 Å². The Hall–Kier alpha value is -2.53. The smallest absolute Gasteiger partial charge is 0.322 e. The molecule has 2 amide bonds. The fourth-order valence-corrected chi connectivity index (χ4v) is 5.07. The first-order valence-electron chi connectivity index (χ1n) is 11.7. The first-order chi connectivity index (χ1) is 15.2. The first kappa shape index (κ1) is 21.7. The van der Waals surface area contributed by atoms with Crippen molar-refractivity contribution in [1.29, 1.82) is 0 Å². The lowest BCUT2D eigenvalue weighted by Gasteiger charge is -2.32. The van der Waals surface area contributed by atoms with Gasteiger partial charge in [-0.25, -0.2) is 4.79 Å². The zero-order valence-electron chi connectivity index (χ0n) is 18.8. The monoisotopic (exact) mass is 421 g/mol. The topological polar surface area (TPSA) is 44.8 Å². The summed E-state index contributed by atoms with van der Waals surface area (Å²) < 4.78 is 5.28. The van der Waals surface area contributed by atoms with Crippen LogP contribution in [0.1, 0.15) is 62.1 Å². The third-order valence-corrected chi connectivity index (χ3v) is 6.89. The van der Waals surface area contributed by atoms with E-state index in [2.05, 4.69) is 41.5 Å². The second-order valence-electron chi connectivity index (χ2n) is 8.92. The molecule has 166 valence electrons. The van der Waals surface area contributed by atoms with Crippen LogP contribution in [0.15, 0.2) is 48.5 Å². The van der Waals surface area contributed by atoms with Crippen molar-refractivity contribution in [3.63, 3.8) is 0 Å². The van der Waals surface area contributed by atoms with Crippen LogP contribution in [0.3, 0.4) is 0 Å². The van der Waals surface area contributed by atoms with E-state index in [0.29, 0.717) is 6.04 Å².